The van der Waals surface area contributed by atoms with E-state index in [0.717, 1.165) is 44.2 Å². The number of ether oxygens (including phenoxy) is 1. The number of rotatable bonds is 7. The molecule has 2 heterocycles. The Balaban J connectivity index is 1.35. The van der Waals surface area contributed by atoms with E-state index in [0.29, 0.717) is 23.7 Å². The van der Waals surface area contributed by atoms with Gasteiger partial charge in [-0.25, -0.2) is 4.98 Å². The highest BCUT2D eigenvalue weighted by Crippen LogP contribution is 2.17. The summed E-state index contributed by atoms with van der Waals surface area (Å²) in [5.74, 6) is 2.20. The van der Waals surface area contributed by atoms with E-state index in [1.165, 1.54) is 0 Å². The zero-order valence-electron chi connectivity index (χ0n) is 14.6. The quantitative estimate of drug-likeness (QED) is 0.829. The highest BCUT2D eigenvalue weighted by Gasteiger charge is 2.22. The predicted molar refractivity (Wildman–Crippen MR) is 98.6 cm³/mol. The normalized spacial score (nSPS) is 16.6. The molecule has 0 aliphatic carbocycles. The molecule has 1 aliphatic heterocycles. The van der Waals surface area contributed by atoms with Crippen LogP contribution in [0.4, 0.5) is 5.82 Å². The van der Waals surface area contributed by atoms with Gasteiger partial charge in [0.05, 0.1) is 17.2 Å². The Bertz CT molecular complexity index is 789. The van der Waals surface area contributed by atoms with Crippen LogP contribution in [0.5, 0.6) is 5.75 Å². The molecule has 0 saturated carbocycles. The van der Waals surface area contributed by atoms with E-state index < -0.39 is 0 Å². The van der Waals surface area contributed by atoms with Gasteiger partial charge in [0.2, 0.25) is 0 Å². The van der Waals surface area contributed by atoms with Crippen molar-refractivity contribution in [2.24, 2.45) is 5.92 Å². The number of hydrogen-bond acceptors (Lipinski definition) is 6. The van der Waals surface area contributed by atoms with E-state index in [-0.39, 0.29) is 0 Å². The number of benzene rings is 1. The molecule has 0 radical (unpaired) electrons. The Morgan fingerprint density at radius 3 is 2.58 bits per heavy atom. The Labute approximate surface area is 153 Å². The van der Waals surface area contributed by atoms with Gasteiger partial charge in [0.25, 0.3) is 0 Å². The van der Waals surface area contributed by atoms with Crippen LogP contribution in [0, 0.1) is 28.6 Å². The number of pyridine rings is 1. The third-order valence-corrected chi connectivity index (χ3v) is 4.49. The van der Waals surface area contributed by atoms with Crippen molar-refractivity contribution in [2.75, 3.05) is 38.1 Å². The predicted octanol–water partition coefficient (Wildman–Crippen LogP) is 2.64. The average molecular weight is 347 g/mol. The lowest BCUT2D eigenvalue weighted by Gasteiger charge is -2.17. The molecule has 1 saturated heterocycles. The first-order chi connectivity index (χ1) is 12.8. The van der Waals surface area contributed by atoms with Crippen molar-refractivity contribution in [1.29, 1.82) is 10.5 Å². The molecule has 0 unspecified atom stereocenters. The summed E-state index contributed by atoms with van der Waals surface area (Å²) in [4.78, 5) is 6.64. The number of anilines is 1. The molecule has 132 valence electrons. The fourth-order valence-corrected chi connectivity index (χ4v) is 3.01. The highest BCUT2D eigenvalue weighted by atomic mass is 16.5. The summed E-state index contributed by atoms with van der Waals surface area (Å²) >= 11 is 0. The minimum atomic E-state index is 0.574. The Kier molecular flexibility index (Phi) is 6.03. The molecular formula is C20H21N5O. The van der Waals surface area contributed by atoms with Gasteiger partial charge in [-0.2, -0.15) is 10.5 Å². The zero-order valence-corrected chi connectivity index (χ0v) is 14.6. The van der Waals surface area contributed by atoms with Gasteiger partial charge in [0, 0.05) is 25.8 Å². The fourth-order valence-electron chi connectivity index (χ4n) is 3.01. The van der Waals surface area contributed by atoms with Gasteiger partial charge < -0.3 is 10.1 Å². The van der Waals surface area contributed by atoms with E-state index in [1.807, 2.05) is 18.2 Å². The lowest BCUT2D eigenvalue weighted by molar-refractivity contribution is 0.233. The summed E-state index contributed by atoms with van der Waals surface area (Å²) in [6.07, 6.45) is 2.74. The third kappa shape index (κ3) is 4.95. The van der Waals surface area contributed by atoms with Crippen LogP contribution >= 0.6 is 0 Å². The first-order valence-corrected chi connectivity index (χ1v) is 8.72. The Morgan fingerprint density at radius 2 is 1.88 bits per heavy atom. The maximum atomic E-state index is 8.79. The van der Waals surface area contributed by atoms with Gasteiger partial charge >= 0.3 is 0 Å². The second kappa shape index (κ2) is 8.84. The summed E-state index contributed by atoms with van der Waals surface area (Å²) in [6, 6.07) is 15.0. The molecule has 0 amide bonds. The van der Waals surface area contributed by atoms with Crippen molar-refractivity contribution in [2.45, 2.75) is 6.42 Å². The van der Waals surface area contributed by atoms with Gasteiger partial charge in [-0.15, -0.1) is 0 Å². The maximum absolute atomic E-state index is 8.79. The standard InChI is InChI=1S/C20H21N5O/c21-11-16-1-4-19(5-2-16)26-10-9-25-8-7-18(15-25)14-24-20-6-3-17(12-22)13-23-20/h1-6,13,18H,7-10,14-15H2,(H,23,24)/t18-/m1/s1. The number of likely N-dealkylation sites (tertiary alicyclic amines) is 1. The molecule has 6 heteroatoms. The number of nitriles is 2. The van der Waals surface area contributed by atoms with E-state index in [4.69, 9.17) is 15.3 Å². The zero-order chi connectivity index (χ0) is 18.2. The molecule has 0 spiro atoms. The van der Waals surface area contributed by atoms with E-state index in [2.05, 4.69) is 27.3 Å². The summed E-state index contributed by atoms with van der Waals surface area (Å²) in [5, 5.41) is 20.9. The summed E-state index contributed by atoms with van der Waals surface area (Å²) < 4.78 is 5.75. The minimum absolute atomic E-state index is 0.574. The molecule has 0 bridgehead atoms. The van der Waals surface area contributed by atoms with Crippen LogP contribution in [-0.2, 0) is 0 Å². The molecular weight excluding hydrogens is 326 g/mol. The minimum Gasteiger partial charge on any atom is -0.492 e. The van der Waals surface area contributed by atoms with Gasteiger partial charge in [0.15, 0.2) is 0 Å². The summed E-state index contributed by atoms with van der Waals surface area (Å²) in [7, 11) is 0. The van der Waals surface area contributed by atoms with Crippen LogP contribution in [0.3, 0.4) is 0 Å². The first-order valence-electron chi connectivity index (χ1n) is 8.72. The van der Waals surface area contributed by atoms with Crippen molar-refractivity contribution < 1.29 is 4.74 Å². The molecule has 1 aromatic carbocycles. The number of nitrogens with zero attached hydrogens (tertiary/aromatic N) is 4. The van der Waals surface area contributed by atoms with Crippen LogP contribution in [0.2, 0.25) is 0 Å². The van der Waals surface area contributed by atoms with Gasteiger partial charge in [-0.3, -0.25) is 4.90 Å². The Hall–Kier alpha value is -3.09. The van der Waals surface area contributed by atoms with Crippen molar-refractivity contribution >= 4 is 5.82 Å². The van der Waals surface area contributed by atoms with Crippen LogP contribution in [0.15, 0.2) is 42.6 Å². The smallest absolute Gasteiger partial charge is 0.125 e. The second-order valence-electron chi connectivity index (χ2n) is 6.36. The fraction of sp³-hybridized carbons (Fsp3) is 0.350. The molecule has 2 aromatic rings. The maximum Gasteiger partial charge on any atom is 0.125 e. The largest absolute Gasteiger partial charge is 0.492 e. The van der Waals surface area contributed by atoms with Crippen LogP contribution in [0.25, 0.3) is 0 Å². The summed E-state index contributed by atoms with van der Waals surface area (Å²) in [6.45, 7) is 4.53. The average Bonchev–Trinajstić information content (AvgIpc) is 3.15. The molecule has 6 nitrogen and oxygen atoms in total. The number of aromatic nitrogens is 1. The summed E-state index contributed by atoms with van der Waals surface area (Å²) in [5.41, 5.74) is 1.22. The lowest BCUT2D eigenvalue weighted by atomic mass is 10.1. The third-order valence-electron chi connectivity index (χ3n) is 4.49. The van der Waals surface area contributed by atoms with Crippen LogP contribution < -0.4 is 10.1 Å². The molecule has 1 fully saturated rings. The van der Waals surface area contributed by atoms with Gasteiger partial charge in [-0.1, -0.05) is 0 Å². The highest BCUT2D eigenvalue weighted by molar-refractivity contribution is 5.39. The van der Waals surface area contributed by atoms with E-state index >= 15 is 0 Å². The molecule has 1 N–H and O–H groups in total. The van der Waals surface area contributed by atoms with Crippen molar-refractivity contribution in [3.8, 4) is 17.9 Å². The van der Waals surface area contributed by atoms with Crippen LogP contribution in [-0.4, -0.2) is 42.7 Å². The second-order valence-corrected chi connectivity index (χ2v) is 6.36. The topological polar surface area (TPSA) is 85.0 Å². The molecule has 1 aliphatic rings. The molecule has 26 heavy (non-hydrogen) atoms. The van der Waals surface area contributed by atoms with E-state index in [1.54, 1.807) is 24.4 Å². The Morgan fingerprint density at radius 1 is 1.12 bits per heavy atom. The SMILES string of the molecule is N#Cc1ccc(OCCN2CC[C@H](CNc3ccc(C#N)cn3)C2)cc1. The van der Waals surface area contributed by atoms with Gasteiger partial charge in [-0.05, 0) is 55.3 Å². The van der Waals surface area contributed by atoms with E-state index in [9.17, 15) is 0 Å². The lowest BCUT2D eigenvalue weighted by Crippen LogP contribution is -2.27. The monoisotopic (exact) mass is 347 g/mol. The van der Waals surface area contributed by atoms with Crippen molar-refractivity contribution in [3.05, 3.63) is 53.7 Å². The van der Waals surface area contributed by atoms with Gasteiger partial charge in [0.1, 0.15) is 24.2 Å². The van der Waals surface area contributed by atoms with Crippen molar-refractivity contribution in [3.63, 3.8) is 0 Å². The molecule has 1 atom stereocenters. The molecule has 1 aromatic heterocycles. The first kappa shape index (κ1) is 17.7. The number of hydrogen-bond donors (Lipinski definition) is 1. The van der Waals surface area contributed by atoms with Crippen LogP contribution in [0.1, 0.15) is 17.5 Å². The molecule has 3 rings (SSSR count). The number of nitrogens with one attached hydrogen (secondary N) is 1. The van der Waals surface area contributed by atoms with Crippen molar-refractivity contribution in [1.82, 2.24) is 9.88 Å².